The molecule has 0 radical (unpaired) electrons. The smallest absolute Gasteiger partial charge is 0.317 e. The van der Waals surface area contributed by atoms with Crippen molar-refractivity contribution in [2.24, 2.45) is 0 Å². The molecule has 0 aliphatic carbocycles. The number of aliphatic hydroxyl groups is 1. The minimum Gasteiger partial charge on any atom is -0.508 e. The Bertz CT molecular complexity index is 679. The molecule has 1 heterocycles. The highest BCUT2D eigenvalue weighted by molar-refractivity contribution is 5.74. The predicted molar refractivity (Wildman–Crippen MR) is 90.6 cm³/mol. The van der Waals surface area contributed by atoms with E-state index in [9.17, 15) is 15.0 Å². The molecule has 0 fully saturated rings. The number of benzene rings is 1. The van der Waals surface area contributed by atoms with Gasteiger partial charge in [-0.1, -0.05) is 12.1 Å². The summed E-state index contributed by atoms with van der Waals surface area (Å²) in [5.41, 5.74) is 3.32. The number of hydrogen-bond acceptors (Lipinski definition) is 4. The summed E-state index contributed by atoms with van der Waals surface area (Å²) in [4.78, 5) is 13.9. The molecule has 2 rings (SSSR count). The Morgan fingerprint density at radius 1 is 1.42 bits per heavy atom. The number of nitrogens with one attached hydrogen (secondary N) is 2. The van der Waals surface area contributed by atoms with E-state index >= 15 is 0 Å². The number of phenols is 1. The molecule has 1 aromatic heterocycles. The van der Waals surface area contributed by atoms with Crippen molar-refractivity contribution in [3.8, 4) is 5.75 Å². The SMILES string of the molecule is CCN(C[C@H](O)c1cccc(O)c1)C(=O)NCc1c(C)n[nH]c1C. The number of phenolic OH excluding ortho intramolecular Hbond substituents is 1. The first-order valence-corrected chi connectivity index (χ1v) is 7.92. The quantitative estimate of drug-likeness (QED) is 0.650. The summed E-state index contributed by atoms with van der Waals surface area (Å²) in [5, 5.41) is 29.6. The molecule has 1 aromatic carbocycles. The van der Waals surface area contributed by atoms with Gasteiger partial charge in [0.2, 0.25) is 0 Å². The molecular formula is C17H24N4O3. The van der Waals surface area contributed by atoms with Gasteiger partial charge >= 0.3 is 6.03 Å². The van der Waals surface area contributed by atoms with Crippen molar-refractivity contribution in [3.63, 3.8) is 0 Å². The number of nitrogens with zero attached hydrogens (tertiary/aromatic N) is 2. The molecule has 24 heavy (non-hydrogen) atoms. The van der Waals surface area contributed by atoms with Crippen LogP contribution < -0.4 is 5.32 Å². The van der Waals surface area contributed by atoms with Gasteiger partial charge < -0.3 is 20.4 Å². The van der Waals surface area contributed by atoms with E-state index in [1.807, 2.05) is 20.8 Å². The normalized spacial score (nSPS) is 12.0. The molecule has 7 heteroatoms. The molecule has 0 unspecified atom stereocenters. The van der Waals surface area contributed by atoms with Gasteiger partial charge in [0.25, 0.3) is 0 Å². The van der Waals surface area contributed by atoms with E-state index in [4.69, 9.17) is 0 Å². The Hall–Kier alpha value is -2.54. The average molecular weight is 332 g/mol. The summed E-state index contributed by atoms with van der Waals surface area (Å²) in [7, 11) is 0. The summed E-state index contributed by atoms with van der Waals surface area (Å²) < 4.78 is 0. The number of carbonyl (C=O) groups excluding carboxylic acids is 1. The fraction of sp³-hybridized carbons (Fsp3) is 0.412. The third-order valence-corrected chi connectivity index (χ3v) is 4.01. The molecule has 0 aliphatic heterocycles. The number of aromatic nitrogens is 2. The molecule has 7 nitrogen and oxygen atoms in total. The number of H-pyrrole nitrogens is 1. The predicted octanol–water partition coefficient (Wildman–Crippen LogP) is 2.00. The lowest BCUT2D eigenvalue weighted by molar-refractivity contribution is 0.123. The second-order valence-corrected chi connectivity index (χ2v) is 5.72. The van der Waals surface area contributed by atoms with Crippen LogP contribution in [0.25, 0.3) is 0 Å². The minimum atomic E-state index is -0.861. The van der Waals surface area contributed by atoms with Crippen molar-refractivity contribution in [2.45, 2.75) is 33.4 Å². The van der Waals surface area contributed by atoms with Crippen LogP contribution in [-0.4, -0.2) is 44.4 Å². The number of aliphatic hydroxyl groups excluding tert-OH is 1. The largest absolute Gasteiger partial charge is 0.508 e. The van der Waals surface area contributed by atoms with Gasteiger partial charge in [0.15, 0.2) is 0 Å². The molecular weight excluding hydrogens is 308 g/mol. The van der Waals surface area contributed by atoms with Crippen molar-refractivity contribution >= 4 is 6.03 Å². The summed E-state index contributed by atoms with van der Waals surface area (Å²) in [6.07, 6.45) is -0.861. The van der Waals surface area contributed by atoms with Crippen LogP contribution in [0.1, 0.15) is 35.5 Å². The maximum Gasteiger partial charge on any atom is 0.317 e. The fourth-order valence-corrected chi connectivity index (χ4v) is 2.51. The Kier molecular flexibility index (Phi) is 5.81. The molecule has 0 aliphatic rings. The molecule has 4 N–H and O–H groups in total. The molecule has 0 saturated heterocycles. The highest BCUT2D eigenvalue weighted by Crippen LogP contribution is 2.19. The van der Waals surface area contributed by atoms with Crippen molar-refractivity contribution in [1.29, 1.82) is 0 Å². The maximum atomic E-state index is 12.3. The number of hydrogen-bond donors (Lipinski definition) is 4. The van der Waals surface area contributed by atoms with E-state index in [1.165, 1.54) is 17.0 Å². The molecule has 0 bridgehead atoms. The van der Waals surface area contributed by atoms with Gasteiger partial charge in [-0.15, -0.1) is 0 Å². The van der Waals surface area contributed by atoms with Gasteiger partial charge in [-0.2, -0.15) is 5.10 Å². The van der Waals surface area contributed by atoms with Gasteiger partial charge in [-0.3, -0.25) is 5.10 Å². The number of aryl methyl sites for hydroxylation is 2. The number of aromatic hydroxyl groups is 1. The van der Waals surface area contributed by atoms with Crippen LogP contribution >= 0.6 is 0 Å². The zero-order chi connectivity index (χ0) is 17.7. The third kappa shape index (κ3) is 4.26. The van der Waals surface area contributed by atoms with Crippen LogP contribution in [-0.2, 0) is 6.54 Å². The van der Waals surface area contributed by atoms with Gasteiger partial charge in [0, 0.05) is 24.3 Å². The van der Waals surface area contributed by atoms with Gasteiger partial charge in [0.05, 0.1) is 18.3 Å². The highest BCUT2D eigenvalue weighted by Gasteiger charge is 2.18. The molecule has 2 amide bonds. The van der Waals surface area contributed by atoms with Crippen LogP contribution in [0.2, 0.25) is 0 Å². The monoisotopic (exact) mass is 332 g/mol. The Morgan fingerprint density at radius 3 is 2.75 bits per heavy atom. The minimum absolute atomic E-state index is 0.0879. The van der Waals surface area contributed by atoms with Crippen LogP contribution in [0.4, 0.5) is 4.79 Å². The number of aromatic amines is 1. The number of amides is 2. The molecule has 0 saturated carbocycles. The molecule has 0 spiro atoms. The van der Waals surface area contributed by atoms with E-state index in [0.29, 0.717) is 18.7 Å². The molecule has 2 aromatic rings. The zero-order valence-corrected chi connectivity index (χ0v) is 14.2. The van der Waals surface area contributed by atoms with Gasteiger partial charge in [0.1, 0.15) is 5.75 Å². The first-order valence-electron chi connectivity index (χ1n) is 7.92. The number of urea groups is 1. The van der Waals surface area contributed by atoms with Crippen molar-refractivity contribution in [2.75, 3.05) is 13.1 Å². The maximum absolute atomic E-state index is 12.3. The highest BCUT2D eigenvalue weighted by atomic mass is 16.3. The lowest BCUT2D eigenvalue weighted by Crippen LogP contribution is -2.41. The lowest BCUT2D eigenvalue weighted by atomic mass is 10.1. The standard InChI is InChI=1S/C17H24N4O3/c1-4-21(10-16(23)13-6-5-7-14(22)8-13)17(24)18-9-15-11(2)19-20-12(15)3/h5-8,16,22-23H,4,9-10H2,1-3H3,(H,18,24)(H,19,20)/t16-/m0/s1. The van der Waals surface area contributed by atoms with E-state index in [0.717, 1.165) is 17.0 Å². The summed E-state index contributed by atoms with van der Waals surface area (Å²) in [5.74, 6) is 0.0879. The van der Waals surface area contributed by atoms with Crippen molar-refractivity contribution < 1.29 is 15.0 Å². The summed E-state index contributed by atoms with van der Waals surface area (Å²) >= 11 is 0. The number of carbonyl (C=O) groups is 1. The molecule has 1 atom stereocenters. The van der Waals surface area contributed by atoms with E-state index < -0.39 is 6.10 Å². The summed E-state index contributed by atoms with van der Waals surface area (Å²) in [6.45, 7) is 6.63. The third-order valence-electron chi connectivity index (χ3n) is 4.01. The van der Waals surface area contributed by atoms with Crippen LogP contribution in [0.15, 0.2) is 24.3 Å². The Morgan fingerprint density at radius 2 is 2.17 bits per heavy atom. The van der Waals surface area contributed by atoms with Crippen LogP contribution in [0, 0.1) is 13.8 Å². The Balaban J connectivity index is 1.96. The second kappa shape index (κ2) is 7.83. The summed E-state index contributed by atoms with van der Waals surface area (Å²) in [6, 6.07) is 6.16. The first kappa shape index (κ1) is 17.8. The lowest BCUT2D eigenvalue weighted by Gasteiger charge is -2.24. The number of likely N-dealkylation sites (N-methyl/N-ethyl adjacent to an activating group) is 1. The van der Waals surface area contributed by atoms with E-state index in [2.05, 4.69) is 15.5 Å². The molecule has 130 valence electrons. The van der Waals surface area contributed by atoms with E-state index in [1.54, 1.807) is 12.1 Å². The number of rotatable bonds is 6. The van der Waals surface area contributed by atoms with Gasteiger partial charge in [-0.25, -0.2) is 4.79 Å². The fourth-order valence-electron chi connectivity index (χ4n) is 2.51. The first-order chi connectivity index (χ1) is 11.4. The van der Waals surface area contributed by atoms with Crippen LogP contribution in [0.3, 0.4) is 0 Å². The van der Waals surface area contributed by atoms with Gasteiger partial charge in [-0.05, 0) is 38.5 Å². The van der Waals surface area contributed by atoms with E-state index in [-0.39, 0.29) is 18.3 Å². The second-order valence-electron chi connectivity index (χ2n) is 5.72. The average Bonchev–Trinajstić information content (AvgIpc) is 2.88. The topological polar surface area (TPSA) is 101 Å². The van der Waals surface area contributed by atoms with Crippen molar-refractivity contribution in [1.82, 2.24) is 20.4 Å². The van der Waals surface area contributed by atoms with Crippen molar-refractivity contribution in [3.05, 3.63) is 46.8 Å². The zero-order valence-electron chi connectivity index (χ0n) is 14.2. The van der Waals surface area contributed by atoms with Crippen LogP contribution in [0.5, 0.6) is 5.75 Å². The Labute approximate surface area is 141 Å².